The van der Waals surface area contributed by atoms with E-state index in [1.54, 1.807) is 31.2 Å². The van der Waals surface area contributed by atoms with Crippen molar-refractivity contribution in [3.63, 3.8) is 0 Å². The molecule has 80 heavy (non-hydrogen) atoms. The minimum atomic E-state index is -1.74. The number of nitrogens with one attached hydrogen (secondary N) is 2. The number of esters is 2. The molecular weight excluding hydrogens is 1040 g/mol. The van der Waals surface area contributed by atoms with Gasteiger partial charge in [0.25, 0.3) is 0 Å². The van der Waals surface area contributed by atoms with Crippen LogP contribution in [0.25, 0.3) is 0 Å². The second kappa shape index (κ2) is 25.8. The van der Waals surface area contributed by atoms with E-state index in [-0.39, 0.29) is 72.7 Å². The number of carbonyl (C=O) groups excluding carboxylic acids is 5. The fraction of sp³-hybridized carbons (Fsp3) is 0.650. The number of methoxy groups -OCH3 is 1. The number of ketones is 1. The zero-order valence-corrected chi connectivity index (χ0v) is 47.0. The first-order valence-corrected chi connectivity index (χ1v) is 28.2. The Hall–Kier alpha value is -5.45. The highest BCUT2D eigenvalue weighted by atomic mass is 16.8. The number of aliphatic hydroxyl groups excluding tert-OH is 3. The highest BCUT2D eigenvalue weighted by molar-refractivity contribution is 5.89. The maximum Gasteiger partial charge on any atom is 0.407 e. The summed E-state index contributed by atoms with van der Waals surface area (Å²) in [4.78, 5) is 67.0. The third kappa shape index (κ3) is 12.9. The van der Waals surface area contributed by atoms with E-state index >= 15 is 0 Å². The Balaban J connectivity index is 1.05. The van der Waals surface area contributed by atoms with Crippen molar-refractivity contribution in [2.24, 2.45) is 40.4 Å². The van der Waals surface area contributed by atoms with Gasteiger partial charge < -0.3 is 73.7 Å². The minimum Gasteiger partial charge on any atom is -0.497 e. The standard InChI is InChI=1S/C60H82N2O18/c1-9-26-73-56(69)61-29-36-11-13-37(14-12-36)30-62-57(70)80-50-47(67)32-75-55(52(50)78-53(68)38-15-18-41(72-8)19-16-38)79-49-46(66)31-74-54(51(49)76-35(5)63)77-48-28-44-42-20-17-39-27-40(64)22-24-58(39,6)43(42)23-25-59(44,7)60(48,71)34(4)45(65)21-10-33(2)3/h9,11-19,33-34,40,42-44,46-52,54-55,64,66-67,71H,1,10,20-32H2,2-8H3,(H,61,69)(H,62,70)/t34-,40+,42-,43+,44+,46+,47-,48+,49+,50+,51-,52-,54+,55+,58+,59+,60-/m1/s1. The van der Waals surface area contributed by atoms with Crippen molar-refractivity contribution in [2.75, 3.05) is 26.9 Å². The molecule has 8 rings (SSSR count). The first-order chi connectivity index (χ1) is 38.1. The van der Waals surface area contributed by atoms with Crippen molar-refractivity contribution in [2.45, 2.75) is 179 Å². The fourth-order valence-electron chi connectivity index (χ4n) is 13.7. The van der Waals surface area contributed by atoms with Crippen molar-refractivity contribution in [3.05, 3.63) is 89.5 Å². The number of carbonyl (C=O) groups is 5. The molecule has 2 saturated heterocycles. The number of hydrogen-bond acceptors (Lipinski definition) is 18. The number of fused-ring (bicyclic) bond motifs is 5. The highest BCUT2D eigenvalue weighted by Crippen LogP contribution is 2.69. The van der Waals surface area contributed by atoms with E-state index in [0.29, 0.717) is 43.4 Å². The van der Waals surface area contributed by atoms with Gasteiger partial charge in [0.1, 0.15) is 42.1 Å². The molecule has 6 aliphatic rings. The van der Waals surface area contributed by atoms with E-state index in [0.717, 1.165) is 31.7 Å². The second-order valence-electron chi connectivity index (χ2n) is 23.5. The van der Waals surface area contributed by atoms with Gasteiger partial charge in [-0.3, -0.25) is 9.59 Å². The van der Waals surface area contributed by atoms with Crippen LogP contribution in [0.5, 0.6) is 5.75 Å². The van der Waals surface area contributed by atoms with Gasteiger partial charge in [-0.2, -0.15) is 0 Å². The predicted octanol–water partition coefficient (Wildman–Crippen LogP) is 6.37. The van der Waals surface area contributed by atoms with Crippen LogP contribution in [-0.4, -0.2) is 144 Å². The quantitative estimate of drug-likeness (QED) is 0.0477. The summed E-state index contributed by atoms with van der Waals surface area (Å²) in [5, 5.41) is 52.8. The molecular formula is C60H82N2O18. The van der Waals surface area contributed by atoms with Gasteiger partial charge in [0.2, 0.25) is 0 Å². The van der Waals surface area contributed by atoms with Crippen LogP contribution in [0.3, 0.4) is 0 Å². The monoisotopic (exact) mass is 1120 g/mol. The van der Waals surface area contributed by atoms with Gasteiger partial charge >= 0.3 is 24.1 Å². The van der Waals surface area contributed by atoms with Crippen LogP contribution in [0.15, 0.2) is 72.8 Å². The number of alkyl carbamates (subject to hydrolysis) is 2. The van der Waals surface area contributed by atoms with Crippen LogP contribution in [0.4, 0.5) is 9.59 Å². The van der Waals surface area contributed by atoms with Crippen LogP contribution in [0.2, 0.25) is 0 Å². The minimum absolute atomic E-state index is 0.0340. The smallest absolute Gasteiger partial charge is 0.407 e. The van der Waals surface area contributed by atoms with Crippen molar-refractivity contribution < 1.29 is 87.0 Å². The molecule has 2 aromatic carbocycles. The molecule has 6 N–H and O–H groups in total. The number of rotatable bonds is 20. The molecule has 0 spiro atoms. The number of hydrogen-bond donors (Lipinski definition) is 6. The summed E-state index contributed by atoms with van der Waals surface area (Å²) in [5.41, 5.74) is 0.0660. The van der Waals surface area contributed by atoms with Crippen molar-refractivity contribution in [1.82, 2.24) is 10.6 Å². The first-order valence-electron chi connectivity index (χ1n) is 28.2. The summed E-state index contributed by atoms with van der Waals surface area (Å²) in [6, 6.07) is 12.9. The lowest BCUT2D eigenvalue weighted by molar-refractivity contribution is -0.344. The molecule has 20 heteroatoms. The third-order valence-corrected chi connectivity index (χ3v) is 18.2. The lowest BCUT2D eigenvalue weighted by atomic mass is 9.46. The Morgan fingerprint density at radius 3 is 2.04 bits per heavy atom. The maximum absolute atomic E-state index is 14.4. The molecule has 2 heterocycles. The van der Waals surface area contributed by atoms with E-state index in [4.69, 9.17) is 42.6 Å². The van der Waals surface area contributed by atoms with Gasteiger partial charge in [-0.15, -0.1) is 0 Å². The Kier molecular flexibility index (Phi) is 19.5. The summed E-state index contributed by atoms with van der Waals surface area (Å²) in [7, 11) is 1.46. The molecule has 5 fully saturated rings. The summed E-state index contributed by atoms with van der Waals surface area (Å²) in [6.45, 7) is 14.2. The lowest BCUT2D eigenvalue weighted by Gasteiger charge is -2.59. The number of benzene rings is 2. The van der Waals surface area contributed by atoms with Crippen LogP contribution >= 0.6 is 0 Å². The highest BCUT2D eigenvalue weighted by Gasteiger charge is 2.71. The topological polar surface area (TPSA) is 273 Å². The summed E-state index contributed by atoms with van der Waals surface area (Å²) >= 11 is 0. The summed E-state index contributed by atoms with van der Waals surface area (Å²) in [5.74, 6) is -1.74. The Morgan fingerprint density at radius 1 is 0.787 bits per heavy atom. The normalized spacial score (nSPS) is 35.0. The number of Topliss-reactive ketones (excluding diaryl/α,β-unsaturated/α-hetero) is 1. The molecule has 2 aliphatic heterocycles. The molecule has 2 aromatic rings. The lowest BCUT2D eigenvalue weighted by Crippen LogP contribution is -2.64. The number of aliphatic hydroxyl groups is 4. The van der Waals surface area contributed by atoms with Crippen LogP contribution < -0.4 is 15.4 Å². The first kappa shape index (κ1) is 60.6. The Bertz CT molecular complexity index is 2540. The van der Waals surface area contributed by atoms with E-state index < -0.39 is 110 Å². The zero-order chi connectivity index (χ0) is 57.7. The van der Waals surface area contributed by atoms with Gasteiger partial charge in [0.05, 0.1) is 38.1 Å². The second-order valence-corrected chi connectivity index (χ2v) is 23.5. The molecule has 17 atom stereocenters. The van der Waals surface area contributed by atoms with Gasteiger partial charge in [0.15, 0.2) is 30.9 Å². The predicted molar refractivity (Wildman–Crippen MR) is 287 cm³/mol. The molecule has 440 valence electrons. The van der Waals surface area contributed by atoms with Crippen molar-refractivity contribution in [3.8, 4) is 5.75 Å². The molecule has 20 nitrogen and oxygen atoms in total. The average Bonchev–Trinajstić information content (AvgIpc) is 3.82. The van der Waals surface area contributed by atoms with E-state index in [1.165, 1.54) is 43.0 Å². The molecule has 0 bridgehead atoms. The molecule has 0 radical (unpaired) electrons. The average molecular weight is 1120 g/mol. The van der Waals surface area contributed by atoms with Crippen molar-refractivity contribution in [1.29, 1.82) is 0 Å². The fourth-order valence-corrected chi connectivity index (χ4v) is 13.7. The number of ether oxygens (including phenoxy) is 9. The van der Waals surface area contributed by atoms with Crippen LogP contribution in [0.1, 0.15) is 121 Å². The Labute approximate surface area is 468 Å². The maximum atomic E-state index is 14.4. The molecule has 2 amide bonds. The van der Waals surface area contributed by atoms with Gasteiger partial charge in [0, 0.05) is 37.8 Å². The van der Waals surface area contributed by atoms with E-state index in [9.17, 15) is 44.4 Å². The Morgan fingerprint density at radius 2 is 1.41 bits per heavy atom. The molecule has 0 unspecified atom stereocenters. The largest absolute Gasteiger partial charge is 0.497 e. The summed E-state index contributed by atoms with van der Waals surface area (Å²) in [6.07, 6.45) is -6.48. The van der Waals surface area contributed by atoms with Crippen LogP contribution in [0, 0.1) is 40.4 Å². The molecule has 3 saturated carbocycles. The molecule has 0 aromatic heterocycles. The number of allylic oxidation sites excluding steroid dienone is 1. The van der Waals surface area contributed by atoms with Crippen LogP contribution in [-0.2, 0) is 60.6 Å². The van der Waals surface area contributed by atoms with Gasteiger partial charge in [-0.1, -0.05) is 83.2 Å². The van der Waals surface area contributed by atoms with Crippen molar-refractivity contribution >= 4 is 29.9 Å². The van der Waals surface area contributed by atoms with Gasteiger partial charge in [-0.25, -0.2) is 14.4 Å². The van der Waals surface area contributed by atoms with Gasteiger partial charge in [-0.05, 0) is 116 Å². The summed E-state index contributed by atoms with van der Waals surface area (Å²) < 4.78 is 53.7. The van der Waals surface area contributed by atoms with E-state index in [1.807, 2.05) is 13.8 Å². The molecule has 4 aliphatic carbocycles. The number of amides is 2. The zero-order valence-electron chi connectivity index (χ0n) is 47.0. The third-order valence-electron chi connectivity index (χ3n) is 18.2. The SMILES string of the molecule is C=CCOC(=O)NCc1ccc(CNC(=O)O[C@@H]2[C@@H](OC(=O)c3ccc(OC)cc3)[C@H](O[C@@H]3[C@@H](OC(C)=O)[C@H](O[C@H]4C[C@H]5[C@@H]6CC=C7C[C@@H](O)CC[C@]7(C)[C@H]6CC[C@]5(C)[C@@]4(O)[C@H](C)C(=O)CCC(C)C)OC[C@@H]3O)OC[C@H]2O)cc1. The van der Waals surface area contributed by atoms with E-state index in [2.05, 4.69) is 37.1 Å².